The molecule has 3 rings (SSSR count). The van der Waals surface area contributed by atoms with E-state index in [9.17, 15) is 14.7 Å². The maximum absolute atomic E-state index is 12.5. The number of hydrogen-bond acceptors (Lipinski definition) is 4. The van der Waals surface area contributed by atoms with Crippen molar-refractivity contribution >= 4 is 17.7 Å². The van der Waals surface area contributed by atoms with E-state index in [1.54, 1.807) is 23.2 Å². The Hall–Kier alpha value is -2.31. The van der Waals surface area contributed by atoms with Gasteiger partial charge in [-0.05, 0) is 30.7 Å². The van der Waals surface area contributed by atoms with Crippen LogP contribution in [0.15, 0.2) is 18.3 Å². The molecule has 0 spiro atoms. The number of carbonyl (C=O) groups is 2. The molecule has 0 unspecified atom stereocenters. The van der Waals surface area contributed by atoms with E-state index in [2.05, 4.69) is 24.1 Å². The van der Waals surface area contributed by atoms with Crippen molar-refractivity contribution in [1.29, 1.82) is 0 Å². The predicted molar refractivity (Wildman–Crippen MR) is 92.6 cm³/mol. The van der Waals surface area contributed by atoms with E-state index < -0.39 is 11.4 Å². The molecule has 0 bridgehead atoms. The van der Waals surface area contributed by atoms with E-state index in [1.165, 1.54) is 0 Å². The van der Waals surface area contributed by atoms with Crippen molar-refractivity contribution < 1.29 is 19.4 Å². The number of urea groups is 1. The van der Waals surface area contributed by atoms with Crippen molar-refractivity contribution in [2.75, 3.05) is 25.0 Å². The number of anilines is 1. The summed E-state index contributed by atoms with van der Waals surface area (Å²) >= 11 is 0. The van der Waals surface area contributed by atoms with Crippen LogP contribution >= 0.6 is 0 Å². The Bertz CT molecular complexity index is 646. The number of likely N-dealkylation sites (tertiary alicyclic amines) is 1. The number of fused-ring (bicyclic) bond motifs is 1. The van der Waals surface area contributed by atoms with Crippen LogP contribution in [-0.2, 0) is 4.79 Å². The van der Waals surface area contributed by atoms with Gasteiger partial charge >= 0.3 is 12.0 Å². The number of ether oxygens (including phenoxy) is 1. The van der Waals surface area contributed by atoms with Gasteiger partial charge in [-0.15, -0.1) is 0 Å². The summed E-state index contributed by atoms with van der Waals surface area (Å²) in [6, 6.07) is 3.19. The van der Waals surface area contributed by atoms with Crippen LogP contribution in [0.5, 0.6) is 5.88 Å². The lowest BCUT2D eigenvalue weighted by molar-refractivity contribution is -0.149. The number of aliphatic carboxylic acids is 1. The molecule has 2 aliphatic rings. The number of aromatic nitrogens is 1. The van der Waals surface area contributed by atoms with Gasteiger partial charge in [0.05, 0.1) is 23.9 Å². The van der Waals surface area contributed by atoms with Crippen LogP contribution < -0.4 is 10.1 Å². The summed E-state index contributed by atoms with van der Waals surface area (Å²) in [7, 11) is 0. The molecule has 1 saturated heterocycles. The van der Waals surface area contributed by atoms with Crippen LogP contribution in [0.25, 0.3) is 0 Å². The van der Waals surface area contributed by atoms with Crippen LogP contribution in [-0.4, -0.2) is 46.7 Å². The predicted octanol–water partition coefficient (Wildman–Crippen LogP) is 2.84. The van der Waals surface area contributed by atoms with E-state index in [0.29, 0.717) is 37.1 Å². The molecule has 1 aromatic rings. The molecule has 0 aromatic carbocycles. The molecular formula is C18H25N3O4. The Kier molecular flexibility index (Phi) is 4.83. The zero-order valence-corrected chi connectivity index (χ0v) is 14.7. The van der Waals surface area contributed by atoms with Gasteiger partial charge in [-0.2, -0.15) is 0 Å². The molecule has 7 nitrogen and oxygen atoms in total. The first kappa shape index (κ1) is 17.5. The lowest BCUT2D eigenvalue weighted by Gasteiger charge is -2.23. The molecule has 136 valence electrons. The molecule has 0 radical (unpaired) electrons. The SMILES string of the molecule is CC(C)COc1ccc(NC(=O)N2C[C@@H]3CCC[C@@]3(C(=O)O)C2)cn1. The van der Waals surface area contributed by atoms with Gasteiger partial charge in [0, 0.05) is 19.2 Å². The van der Waals surface area contributed by atoms with E-state index in [1.807, 2.05) is 0 Å². The average molecular weight is 347 g/mol. The van der Waals surface area contributed by atoms with E-state index in [4.69, 9.17) is 4.74 Å². The second-order valence-electron chi connectivity index (χ2n) is 7.45. The highest BCUT2D eigenvalue weighted by molar-refractivity contribution is 5.90. The number of rotatable bonds is 5. The number of amides is 2. The van der Waals surface area contributed by atoms with Crippen LogP contribution in [0.4, 0.5) is 10.5 Å². The smallest absolute Gasteiger partial charge is 0.321 e. The van der Waals surface area contributed by atoms with Gasteiger partial charge in [-0.25, -0.2) is 9.78 Å². The van der Waals surface area contributed by atoms with Gasteiger partial charge in [0.1, 0.15) is 0 Å². The molecule has 2 heterocycles. The highest BCUT2D eigenvalue weighted by atomic mass is 16.5. The average Bonchev–Trinajstić information content (AvgIpc) is 3.12. The fourth-order valence-corrected chi connectivity index (χ4v) is 3.79. The number of nitrogens with zero attached hydrogens (tertiary/aromatic N) is 2. The third-order valence-corrected chi connectivity index (χ3v) is 5.14. The summed E-state index contributed by atoms with van der Waals surface area (Å²) < 4.78 is 5.52. The normalized spacial score (nSPS) is 25.1. The molecule has 1 saturated carbocycles. The first-order chi connectivity index (χ1) is 11.9. The fourth-order valence-electron chi connectivity index (χ4n) is 3.79. The molecule has 1 aliphatic heterocycles. The number of carboxylic acids is 1. The molecule has 2 N–H and O–H groups in total. The van der Waals surface area contributed by atoms with E-state index in [-0.39, 0.29) is 18.5 Å². The Morgan fingerprint density at radius 3 is 2.88 bits per heavy atom. The molecular weight excluding hydrogens is 322 g/mol. The minimum atomic E-state index is -0.779. The van der Waals surface area contributed by atoms with Crippen LogP contribution in [0.1, 0.15) is 33.1 Å². The van der Waals surface area contributed by atoms with Gasteiger partial charge in [-0.3, -0.25) is 4.79 Å². The van der Waals surface area contributed by atoms with Crippen molar-refractivity contribution in [2.24, 2.45) is 17.3 Å². The minimum absolute atomic E-state index is 0.0562. The Morgan fingerprint density at radius 1 is 1.48 bits per heavy atom. The third-order valence-electron chi connectivity index (χ3n) is 5.14. The lowest BCUT2D eigenvalue weighted by Crippen LogP contribution is -2.38. The number of hydrogen-bond donors (Lipinski definition) is 2. The zero-order chi connectivity index (χ0) is 18.0. The maximum Gasteiger partial charge on any atom is 0.321 e. The first-order valence-corrected chi connectivity index (χ1v) is 8.79. The molecule has 2 atom stereocenters. The zero-order valence-electron chi connectivity index (χ0n) is 14.7. The Balaban J connectivity index is 1.59. The molecule has 1 aromatic heterocycles. The maximum atomic E-state index is 12.5. The largest absolute Gasteiger partial charge is 0.481 e. The van der Waals surface area contributed by atoms with Crippen molar-refractivity contribution in [3.8, 4) is 5.88 Å². The summed E-state index contributed by atoms with van der Waals surface area (Å²) in [5, 5.41) is 12.4. The third kappa shape index (κ3) is 3.55. The van der Waals surface area contributed by atoms with Gasteiger partial charge in [-0.1, -0.05) is 20.3 Å². The number of carbonyl (C=O) groups excluding carboxylic acids is 1. The van der Waals surface area contributed by atoms with E-state index >= 15 is 0 Å². The topological polar surface area (TPSA) is 91.8 Å². The summed E-state index contributed by atoms with van der Waals surface area (Å²) in [5.74, 6) is 0.212. The monoisotopic (exact) mass is 347 g/mol. The van der Waals surface area contributed by atoms with Crippen LogP contribution in [0.2, 0.25) is 0 Å². The van der Waals surface area contributed by atoms with Crippen molar-refractivity contribution in [1.82, 2.24) is 9.88 Å². The van der Waals surface area contributed by atoms with Crippen molar-refractivity contribution in [2.45, 2.75) is 33.1 Å². The molecule has 25 heavy (non-hydrogen) atoms. The van der Waals surface area contributed by atoms with Crippen molar-refractivity contribution in [3.05, 3.63) is 18.3 Å². The van der Waals surface area contributed by atoms with Gasteiger partial charge in [0.2, 0.25) is 5.88 Å². The number of carboxylic acid groups (broad SMARTS) is 1. The standard InChI is InChI=1S/C18H25N3O4/c1-12(2)10-25-15-6-5-14(8-19-15)20-17(24)21-9-13-4-3-7-18(13,11-21)16(22)23/h5-6,8,12-13H,3-4,7,9-11H2,1-2H3,(H,20,24)(H,22,23)/t13-,18+/m0/s1. The van der Waals surface area contributed by atoms with Gasteiger partial charge in [0.15, 0.2) is 0 Å². The summed E-state index contributed by atoms with van der Waals surface area (Å²) in [4.78, 5) is 30.0. The Labute approximate surface area is 147 Å². The van der Waals surface area contributed by atoms with E-state index in [0.717, 1.165) is 12.8 Å². The van der Waals surface area contributed by atoms with Gasteiger partial charge < -0.3 is 20.1 Å². The Morgan fingerprint density at radius 2 is 2.28 bits per heavy atom. The fraction of sp³-hybridized carbons (Fsp3) is 0.611. The molecule has 2 amide bonds. The molecule has 2 fully saturated rings. The molecule has 7 heteroatoms. The molecule has 1 aliphatic carbocycles. The quantitative estimate of drug-likeness (QED) is 0.854. The highest BCUT2D eigenvalue weighted by Crippen LogP contribution is 2.48. The minimum Gasteiger partial charge on any atom is -0.481 e. The summed E-state index contributed by atoms with van der Waals surface area (Å²) in [5.41, 5.74) is -0.187. The first-order valence-electron chi connectivity index (χ1n) is 8.79. The second-order valence-corrected chi connectivity index (χ2v) is 7.45. The second kappa shape index (κ2) is 6.90. The number of nitrogens with one attached hydrogen (secondary N) is 1. The number of pyridine rings is 1. The van der Waals surface area contributed by atoms with Crippen LogP contribution in [0.3, 0.4) is 0 Å². The summed E-state index contributed by atoms with van der Waals surface area (Å²) in [6.45, 7) is 5.49. The van der Waals surface area contributed by atoms with Crippen molar-refractivity contribution in [3.63, 3.8) is 0 Å². The lowest BCUT2D eigenvalue weighted by atomic mass is 9.81. The van der Waals surface area contributed by atoms with Gasteiger partial charge in [0.25, 0.3) is 0 Å². The highest BCUT2D eigenvalue weighted by Gasteiger charge is 2.55. The van der Waals surface area contributed by atoms with Crippen LogP contribution in [0, 0.1) is 17.3 Å². The summed E-state index contributed by atoms with van der Waals surface area (Å²) in [6.07, 6.45) is 4.01.